The zero-order chi connectivity index (χ0) is 20.5. The summed E-state index contributed by atoms with van der Waals surface area (Å²) in [5.41, 5.74) is 0. The molecule has 10 heteroatoms. The van der Waals surface area contributed by atoms with E-state index in [0.717, 1.165) is 64.9 Å². The molecule has 0 aliphatic rings. The van der Waals surface area contributed by atoms with Crippen molar-refractivity contribution in [1.29, 1.82) is 0 Å². The number of aromatic nitrogens is 4. The van der Waals surface area contributed by atoms with Gasteiger partial charge in [0.1, 0.15) is 37.9 Å². The van der Waals surface area contributed by atoms with E-state index in [4.69, 9.17) is 0 Å². The van der Waals surface area contributed by atoms with Gasteiger partial charge in [-0.2, -0.15) is 0 Å². The Hall–Kier alpha value is -2.20. The van der Waals surface area contributed by atoms with Crippen molar-refractivity contribution in [3.05, 3.63) is 62.8 Å². The van der Waals surface area contributed by atoms with E-state index in [1.807, 2.05) is 49.6 Å². The largest absolute Gasteiger partial charge is 1.00 e. The number of aryl methyl sites for hydroxylation is 2. The Morgan fingerprint density at radius 2 is 1.17 bits per heavy atom. The molecular weight excluding hydrogens is 516 g/mol. The minimum absolute atomic E-state index is 0. The predicted molar refractivity (Wildman–Crippen MR) is 107 cm³/mol. The highest BCUT2D eigenvalue weighted by atomic mass is 79.9. The van der Waals surface area contributed by atoms with Crippen LogP contribution in [0.15, 0.2) is 62.8 Å². The molecule has 2 heterocycles. The van der Waals surface area contributed by atoms with E-state index in [1.165, 1.54) is 0 Å². The van der Waals surface area contributed by atoms with E-state index in [-0.39, 0.29) is 34.0 Å². The van der Waals surface area contributed by atoms with Crippen LogP contribution in [0.3, 0.4) is 0 Å². The highest BCUT2D eigenvalue weighted by Gasteiger charge is 2.01. The molecule has 0 fully saturated rings. The molecule has 0 bridgehead atoms. The summed E-state index contributed by atoms with van der Waals surface area (Å²) < 4.78 is 8.30. The lowest BCUT2D eigenvalue weighted by atomic mass is 10.4. The van der Waals surface area contributed by atoms with Gasteiger partial charge in [0.2, 0.25) is 25.5 Å². The molecule has 8 nitrogen and oxygen atoms in total. The number of hydrogen-bond acceptors (Lipinski definition) is 2. The Balaban J connectivity index is 0. The first-order valence-corrected chi connectivity index (χ1v) is 9.39. The van der Waals surface area contributed by atoms with Gasteiger partial charge in [-0.05, 0) is 0 Å². The first-order valence-electron chi connectivity index (χ1n) is 9.39. The normalized spacial score (nSPS) is 9.07. The monoisotopic (exact) mass is 546 g/mol. The van der Waals surface area contributed by atoms with E-state index < -0.39 is 0 Å². The minimum Gasteiger partial charge on any atom is -1.00 e. The second kappa shape index (κ2) is 20.1. The van der Waals surface area contributed by atoms with E-state index in [2.05, 4.69) is 42.1 Å². The molecular formula is C20H32Br2N6O2. The Bertz CT molecular complexity index is 657. The summed E-state index contributed by atoms with van der Waals surface area (Å²) in [4.78, 5) is 19.9. The van der Waals surface area contributed by atoms with Crippen LogP contribution in [-0.4, -0.2) is 35.0 Å². The van der Waals surface area contributed by atoms with Crippen molar-refractivity contribution < 1.29 is 52.7 Å². The first-order chi connectivity index (χ1) is 13.7. The third-order valence-electron chi connectivity index (χ3n) is 3.81. The number of nitrogens with zero attached hydrogens (tertiary/aromatic N) is 4. The van der Waals surface area contributed by atoms with Crippen LogP contribution >= 0.6 is 0 Å². The fourth-order valence-corrected chi connectivity index (χ4v) is 2.50. The van der Waals surface area contributed by atoms with Gasteiger partial charge in [0.25, 0.3) is 0 Å². The molecule has 0 radical (unpaired) electrons. The lowest BCUT2D eigenvalue weighted by Gasteiger charge is -1.95. The second-order valence-electron chi connectivity index (χ2n) is 6.12. The van der Waals surface area contributed by atoms with Gasteiger partial charge in [-0.1, -0.05) is 25.3 Å². The molecule has 0 saturated carbocycles. The van der Waals surface area contributed by atoms with Crippen LogP contribution in [0, 0.1) is 0 Å². The number of nitrogens with one attached hydrogen (secondary N) is 2. The fourth-order valence-electron chi connectivity index (χ4n) is 2.50. The van der Waals surface area contributed by atoms with Gasteiger partial charge in [-0.3, -0.25) is 9.59 Å². The molecule has 0 spiro atoms. The van der Waals surface area contributed by atoms with Crippen molar-refractivity contribution in [2.75, 3.05) is 13.1 Å². The maximum Gasteiger partial charge on any atom is 0.244 e. The quantitative estimate of drug-likeness (QED) is 0.107. The SMILES string of the molecule is C=CCn1cc[n+](CCCNC=O)c1.C=CCn1cc[n+](CCCNC=O)c1.[Br-].[Br-]. The van der Waals surface area contributed by atoms with Gasteiger partial charge >= 0.3 is 0 Å². The molecule has 2 aromatic heterocycles. The van der Waals surface area contributed by atoms with Gasteiger partial charge in [-0.25, -0.2) is 18.3 Å². The average molecular weight is 548 g/mol. The number of hydrogen-bond donors (Lipinski definition) is 2. The van der Waals surface area contributed by atoms with Crippen LogP contribution in [0.1, 0.15) is 12.8 Å². The molecule has 0 atom stereocenters. The molecule has 2 rings (SSSR count). The molecule has 0 unspecified atom stereocenters. The molecule has 30 heavy (non-hydrogen) atoms. The summed E-state index contributed by atoms with van der Waals surface area (Å²) >= 11 is 0. The van der Waals surface area contributed by atoms with Crippen molar-refractivity contribution in [2.24, 2.45) is 0 Å². The van der Waals surface area contributed by atoms with E-state index in [0.29, 0.717) is 0 Å². The molecule has 0 aliphatic heterocycles. The molecule has 0 aromatic carbocycles. The zero-order valence-corrected chi connectivity index (χ0v) is 20.4. The van der Waals surface area contributed by atoms with E-state index >= 15 is 0 Å². The summed E-state index contributed by atoms with van der Waals surface area (Å²) in [6.45, 7) is 12.3. The predicted octanol–water partition coefficient (Wildman–Crippen LogP) is -5.80. The molecule has 0 aliphatic carbocycles. The Kier molecular flexibility index (Phi) is 20.1. The standard InChI is InChI=1S/2C10H15N3O.2BrH/c2*1-2-5-12-7-8-13(10-12)6-3-4-11-9-14;;/h2*2,7-10H,1,3-6H2;2*1H. The smallest absolute Gasteiger partial charge is 0.244 e. The molecule has 168 valence electrons. The van der Waals surface area contributed by atoms with E-state index in [1.54, 1.807) is 0 Å². The van der Waals surface area contributed by atoms with Gasteiger partial charge in [0.05, 0.1) is 13.1 Å². The highest BCUT2D eigenvalue weighted by Crippen LogP contribution is 1.87. The van der Waals surface area contributed by atoms with Gasteiger partial charge < -0.3 is 44.6 Å². The number of rotatable bonds is 14. The summed E-state index contributed by atoms with van der Waals surface area (Å²) in [6, 6.07) is 0. The van der Waals surface area contributed by atoms with Crippen molar-refractivity contribution >= 4 is 12.8 Å². The maximum atomic E-state index is 9.97. The number of imidazole rings is 2. The first kappa shape index (κ1) is 30.0. The number of allylic oxidation sites excluding steroid dienone is 2. The number of amides is 2. The maximum absolute atomic E-state index is 9.97. The fraction of sp³-hybridized carbons (Fsp3) is 0.400. The average Bonchev–Trinajstić information content (AvgIpc) is 3.33. The van der Waals surface area contributed by atoms with Crippen LogP contribution in [0.25, 0.3) is 0 Å². The minimum atomic E-state index is 0. The van der Waals surface area contributed by atoms with Crippen LogP contribution in [-0.2, 0) is 35.8 Å². The molecule has 2 amide bonds. The number of carbonyl (C=O) groups excluding carboxylic acids is 2. The van der Waals surface area contributed by atoms with Crippen molar-refractivity contribution in [3.8, 4) is 0 Å². The van der Waals surface area contributed by atoms with Crippen LogP contribution in [0.2, 0.25) is 0 Å². The van der Waals surface area contributed by atoms with E-state index in [9.17, 15) is 9.59 Å². The van der Waals surface area contributed by atoms with Crippen molar-refractivity contribution in [2.45, 2.75) is 39.0 Å². The summed E-state index contributed by atoms with van der Waals surface area (Å²) in [5.74, 6) is 0. The van der Waals surface area contributed by atoms with Crippen molar-refractivity contribution in [3.63, 3.8) is 0 Å². The summed E-state index contributed by atoms with van der Waals surface area (Å²) in [5, 5.41) is 5.27. The van der Waals surface area contributed by atoms with Gasteiger partial charge in [0, 0.05) is 25.9 Å². The second-order valence-corrected chi connectivity index (χ2v) is 6.12. The zero-order valence-electron chi connectivity index (χ0n) is 17.2. The number of carbonyl (C=O) groups is 2. The van der Waals surface area contributed by atoms with Gasteiger partial charge in [0.15, 0.2) is 0 Å². The summed E-state index contributed by atoms with van der Waals surface area (Å²) in [6.07, 6.45) is 19.2. The number of halogens is 2. The van der Waals surface area contributed by atoms with Crippen LogP contribution in [0.4, 0.5) is 0 Å². The summed E-state index contributed by atoms with van der Waals surface area (Å²) in [7, 11) is 0. The third-order valence-corrected chi connectivity index (χ3v) is 3.81. The highest BCUT2D eigenvalue weighted by molar-refractivity contribution is 5.45. The molecule has 2 aromatic rings. The van der Waals surface area contributed by atoms with Crippen molar-refractivity contribution in [1.82, 2.24) is 19.8 Å². The lowest BCUT2D eigenvalue weighted by Crippen LogP contribution is -3.00. The topological polar surface area (TPSA) is 75.8 Å². The van der Waals surface area contributed by atoms with Crippen LogP contribution in [0.5, 0.6) is 0 Å². The Morgan fingerprint density at radius 3 is 1.50 bits per heavy atom. The Labute approximate surface area is 199 Å². The Morgan fingerprint density at radius 1 is 0.767 bits per heavy atom. The molecule has 2 N–H and O–H groups in total. The van der Waals surface area contributed by atoms with Crippen LogP contribution < -0.4 is 53.7 Å². The molecule has 0 saturated heterocycles. The lowest BCUT2D eigenvalue weighted by molar-refractivity contribution is -0.696. The van der Waals surface area contributed by atoms with Gasteiger partial charge in [-0.15, -0.1) is 0 Å². The third kappa shape index (κ3) is 13.9.